The summed E-state index contributed by atoms with van der Waals surface area (Å²) >= 11 is 0. The van der Waals surface area contributed by atoms with E-state index in [4.69, 9.17) is 14.2 Å². The van der Waals surface area contributed by atoms with Gasteiger partial charge in [0.05, 0.1) is 20.8 Å². The Morgan fingerprint density at radius 3 is 2.05 bits per heavy atom. The van der Waals surface area contributed by atoms with Crippen LogP contribution in [0.3, 0.4) is 0 Å². The van der Waals surface area contributed by atoms with Gasteiger partial charge in [0.25, 0.3) is 5.91 Å². The number of hydrogen-bond acceptors (Lipinski definition) is 6. The zero-order valence-electron chi connectivity index (χ0n) is 20.5. The highest BCUT2D eigenvalue weighted by molar-refractivity contribution is 6.00. The Labute approximate surface area is 215 Å². The van der Waals surface area contributed by atoms with Crippen molar-refractivity contribution in [3.8, 4) is 23.0 Å². The molecule has 0 fully saturated rings. The zero-order chi connectivity index (χ0) is 26.0. The van der Waals surface area contributed by atoms with Crippen LogP contribution in [0.2, 0.25) is 0 Å². The zero-order valence-corrected chi connectivity index (χ0v) is 20.5. The van der Waals surface area contributed by atoms with Gasteiger partial charge in [0.1, 0.15) is 5.75 Å². The van der Waals surface area contributed by atoms with Gasteiger partial charge in [-0.05, 0) is 41.5 Å². The van der Waals surface area contributed by atoms with E-state index in [1.165, 1.54) is 14.2 Å². The van der Waals surface area contributed by atoms with E-state index < -0.39 is 5.72 Å². The van der Waals surface area contributed by atoms with E-state index in [-0.39, 0.29) is 35.5 Å². The molecule has 1 unspecified atom stereocenters. The monoisotopic (exact) mass is 497 g/mol. The number of nitrogens with zero attached hydrogens (tertiary/aromatic N) is 1. The summed E-state index contributed by atoms with van der Waals surface area (Å²) in [5, 5.41) is 20.4. The molecule has 1 atom stereocenters. The van der Waals surface area contributed by atoms with Gasteiger partial charge in [-0.15, -0.1) is 0 Å². The van der Waals surface area contributed by atoms with Gasteiger partial charge in [0.15, 0.2) is 17.2 Å². The topological polar surface area (TPSA) is 88.5 Å². The molecule has 0 radical (unpaired) electrons. The van der Waals surface area contributed by atoms with Crippen molar-refractivity contribution in [2.45, 2.75) is 18.9 Å². The van der Waals surface area contributed by atoms with Crippen LogP contribution in [-0.2, 0) is 23.6 Å². The average Bonchev–Trinajstić information content (AvgIpc) is 3.17. The largest absolute Gasteiger partial charge is 0.508 e. The Kier molecular flexibility index (Phi) is 6.46. The van der Waals surface area contributed by atoms with Gasteiger partial charge < -0.3 is 24.4 Å². The SMILES string of the molecule is COc1cc(COC2(c3ccc(O)cc3)c3ccccc3C(=O)N2Cc2ccccc2)cc(OC)c1O. The van der Waals surface area contributed by atoms with Crippen molar-refractivity contribution in [1.29, 1.82) is 0 Å². The first kappa shape index (κ1) is 24.2. The van der Waals surface area contributed by atoms with Crippen molar-refractivity contribution < 1.29 is 29.2 Å². The third-order valence-electron chi connectivity index (χ3n) is 6.58. The molecule has 1 amide bonds. The van der Waals surface area contributed by atoms with Gasteiger partial charge in [0.2, 0.25) is 5.75 Å². The first-order valence-electron chi connectivity index (χ1n) is 11.8. The van der Waals surface area contributed by atoms with Crippen LogP contribution in [0.25, 0.3) is 0 Å². The van der Waals surface area contributed by atoms with E-state index >= 15 is 0 Å². The number of phenols is 2. The summed E-state index contributed by atoms with van der Waals surface area (Å²) in [7, 11) is 2.93. The van der Waals surface area contributed by atoms with Crippen LogP contribution in [0.1, 0.15) is 32.6 Å². The van der Waals surface area contributed by atoms with Gasteiger partial charge in [-0.1, -0.05) is 60.7 Å². The molecule has 1 aliphatic rings. The van der Waals surface area contributed by atoms with E-state index in [0.29, 0.717) is 28.8 Å². The molecule has 0 aliphatic carbocycles. The van der Waals surface area contributed by atoms with Crippen molar-refractivity contribution in [3.63, 3.8) is 0 Å². The predicted octanol–water partition coefficient (Wildman–Crippen LogP) is 5.19. The van der Waals surface area contributed by atoms with Gasteiger partial charge in [-0.25, -0.2) is 0 Å². The van der Waals surface area contributed by atoms with Crippen LogP contribution in [-0.4, -0.2) is 35.2 Å². The number of phenolic OH excluding ortho intramolecular Hbond substituents is 2. The Hall–Kier alpha value is -4.49. The molecule has 0 aromatic heterocycles. The lowest BCUT2D eigenvalue weighted by molar-refractivity contribution is -0.120. The highest BCUT2D eigenvalue weighted by atomic mass is 16.5. The number of amides is 1. The Balaban J connectivity index is 1.66. The van der Waals surface area contributed by atoms with Crippen LogP contribution in [0.15, 0.2) is 91.0 Å². The fourth-order valence-electron chi connectivity index (χ4n) is 4.80. The van der Waals surface area contributed by atoms with Crippen molar-refractivity contribution in [1.82, 2.24) is 4.90 Å². The molecule has 0 saturated carbocycles. The van der Waals surface area contributed by atoms with Crippen molar-refractivity contribution in [2.75, 3.05) is 14.2 Å². The summed E-state index contributed by atoms with van der Waals surface area (Å²) in [6.07, 6.45) is 0. The summed E-state index contributed by atoms with van der Waals surface area (Å²) in [4.78, 5) is 15.6. The lowest BCUT2D eigenvalue weighted by Gasteiger charge is -2.39. The Morgan fingerprint density at radius 1 is 0.784 bits per heavy atom. The fraction of sp³-hybridized carbons (Fsp3) is 0.167. The smallest absolute Gasteiger partial charge is 0.257 e. The number of aromatic hydroxyl groups is 2. The fourth-order valence-corrected chi connectivity index (χ4v) is 4.80. The summed E-state index contributed by atoms with van der Waals surface area (Å²) in [5.41, 5.74) is 2.30. The number of rotatable bonds is 8. The van der Waals surface area contributed by atoms with Gasteiger partial charge in [-0.2, -0.15) is 0 Å². The van der Waals surface area contributed by atoms with Crippen molar-refractivity contribution in [3.05, 3.63) is 119 Å². The normalized spacial score (nSPS) is 16.5. The minimum atomic E-state index is -1.28. The predicted molar refractivity (Wildman–Crippen MR) is 138 cm³/mol. The van der Waals surface area contributed by atoms with Gasteiger partial charge in [-0.3, -0.25) is 9.69 Å². The van der Waals surface area contributed by atoms with E-state index in [1.54, 1.807) is 47.4 Å². The summed E-state index contributed by atoms with van der Waals surface area (Å²) in [5.74, 6) is 0.350. The van der Waals surface area contributed by atoms with Crippen LogP contribution in [0.5, 0.6) is 23.0 Å². The maximum atomic E-state index is 13.8. The van der Waals surface area contributed by atoms with Crippen molar-refractivity contribution >= 4 is 5.91 Å². The minimum Gasteiger partial charge on any atom is -0.508 e. The van der Waals surface area contributed by atoms with E-state index in [1.807, 2.05) is 48.5 Å². The highest BCUT2D eigenvalue weighted by Crippen LogP contribution is 2.47. The second-order valence-electron chi connectivity index (χ2n) is 8.75. The molecule has 0 spiro atoms. The standard InChI is InChI=1S/C30H27NO6/c1-35-26-16-21(17-27(36-2)28(26)33)19-37-30(22-12-14-23(32)15-13-22)25-11-7-6-10-24(25)29(34)31(30)18-20-8-4-3-5-9-20/h3-17,32-33H,18-19H2,1-2H3. The maximum Gasteiger partial charge on any atom is 0.257 e. The van der Waals surface area contributed by atoms with Gasteiger partial charge in [0, 0.05) is 23.2 Å². The maximum absolute atomic E-state index is 13.8. The Morgan fingerprint density at radius 2 is 1.41 bits per heavy atom. The first-order chi connectivity index (χ1) is 18.0. The third kappa shape index (κ3) is 4.23. The van der Waals surface area contributed by atoms with Crippen LogP contribution < -0.4 is 9.47 Å². The second kappa shape index (κ2) is 9.87. The van der Waals surface area contributed by atoms with Crippen LogP contribution in [0, 0.1) is 0 Å². The number of carbonyl (C=O) groups excluding carboxylic acids is 1. The number of carbonyl (C=O) groups is 1. The number of hydrogen-bond donors (Lipinski definition) is 2. The van der Waals surface area contributed by atoms with Crippen LogP contribution >= 0.6 is 0 Å². The minimum absolute atomic E-state index is 0.0702. The molecule has 7 nitrogen and oxygen atoms in total. The lowest BCUT2D eigenvalue weighted by atomic mass is 9.93. The highest BCUT2D eigenvalue weighted by Gasteiger charge is 2.52. The molecule has 4 aromatic carbocycles. The lowest BCUT2D eigenvalue weighted by Crippen LogP contribution is -2.46. The summed E-state index contributed by atoms with van der Waals surface area (Å²) in [6.45, 7) is 0.373. The summed E-state index contributed by atoms with van der Waals surface area (Å²) in [6, 6.07) is 27.2. The number of methoxy groups -OCH3 is 2. The molecule has 1 heterocycles. The molecule has 0 bridgehead atoms. The molecular weight excluding hydrogens is 470 g/mol. The third-order valence-corrected chi connectivity index (χ3v) is 6.58. The van der Waals surface area contributed by atoms with E-state index in [0.717, 1.165) is 5.56 Å². The number of benzene rings is 4. The molecule has 37 heavy (non-hydrogen) atoms. The van der Waals surface area contributed by atoms with Crippen molar-refractivity contribution in [2.24, 2.45) is 0 Å². The average molecular weight is 498 g/mol. The molecule has 0 saturated heterocycles. The van der Waals surface area contributed by atoms with Gasteiger partial charge >= 0.3 is 0 Å². The quantitative estimate of drug-likeness (QED) is 0.348. The van der Waals surface area contributed by atoms with E-state index in [2.05, 4.69) is 0 Å². The Bertz CT molecular complexity index is 1390. The molecule has 2 N–H and O–H groups in total. The van der Waals surface area contributed by atoms with Crippen LogP contribution in [0.4, 0.5) is 0 Å². The first-order valence-corrected chi connectivity index (χ1v) is 11.8. The second-order valence-corrected chi connectivity index (χ2v) is 8.75. The number of ether oxygens (including phenoxy) is 3. The molecule has 1 aliphatic heterocycles. The van der Waals surface area contributed by atoms with E-state index in [9.17, 15) is 15.0 Å². The molecule has 4 aromatic rings. The molecule has 5 rings (SSSR count). The molecular formula is C30H27NO6. The summed E-state index contributed by atoms with van der Waals surface area (Å²) < 4.78 is 17.4. The molecule has 188 valence electrons. The molecule has 7 heteroatoms. The number of fused-ring (bicyclic) bond motifs is 1.